The molecule has 0 bridgehead atoms. The van der Waals surface area contributed by atoms with Gasteiger partial charge in [-0.05, 0) is 17.7 Å². The Labute approximate surface area is 111 Å². The second-order valence-electron chi connectivity index (χ2n) is 4.33. The molecule has 0 atom stereocenters. The van der Waals surface area contributed by atoms with E-state index in [4.69, 9.17) is 5.11 Å². The summed E-state index contributed by atoms with van der Waals surface area (Å²) in [7, 11) is 0. The SMILES string of the molecule is O=C1CN(Cc2ccc(F)c(C#CCO)c2)CCN1. The second-order valence-corrected chi connectivity index (χ2v) is 4.33. The summed E-state index contributed by atoms with van der Waals surface area (Å²) >= 11 is 0. The van der Waals surface area contributed by atoms with Crippen molar-refractivity contribution in [1.29, 1.82) is 0 Å². The van der Waals surface area contributed by atoms with Crippen LogP contribution >= 0.6 is 0 Å². The predicted molar refractivity (Wildman–Crippen MR) is 68.7 cm³/mol. The van der Waals surface area contributed by atoms with Crippen molar-refractivity contribution in [2.75, 3.05) is 26.2 Å². The van der Waals surface area contributed by atoms with Crippen LogP contribution in [0.3, 0.4) is 0 Å². The number of hydrogen-bond acceptors (Lipinski definition) is 3. The van der Waals surface area contributed by atoms with Crippen LogP contribution in [0, 0.1) is 17.7 Å². The molecule has 2 N–H and O–H groups in total. The van der Waals surface area contributed by atoms with Crippen LogP contribution in [0.25, 0.3) is 0 Å². The van der Waals surface area contributed by atoms with Crippen LogP contribution in [0.1, 0.15) is 11.1 Å². The van der Waals surface area contributed by atoms with E-state index in [1.54, 1.807) is 12.1 Å². The number of aliphatic hydroxyl groups is 1. The Bertz CT molecular complexity index is 534. The van der Waals surface area contributed by atoms with E-state index in [1.165, 1.54) is 6.07 Å². The Kier molecular flexibility index (Phi) is 4.50. The van der Waals surface area contributed by atoms with Gasteiger partial charge in [-0.25, -0.2) is 4.39 Å². The van der Waals surface area contributed by atoms with E-state index in [-0.39, 0.29) is 18.1 Å². The van der Waals surface area contributed by atoms with Gasteiger partial charge in [-0.2, -0.15) is 0 Å². The number of benzene rings is 1. The number of amides is 1. The molecule has 0 aromatic heterocycles. The molecule has 0 aliphatic carbocycles. The first kappa shape index (κ1) is 13.5. The highest BCUT2D eigenvalue weighted by Gasteiger charge is 2.16. The molecule has 1 saturated heterocycles. The zero-order valence-corrected chi connectivity index (χ0v) is 10.4. The summed E-state index contributed by atoms with van der Waals surface area (Å²) in [5.41, 5.74) is 1.17. The van der Waals surface area contributed by atoms with Gasteiger partial charge in [0.1, 0.15) is 12.4 Å². The van der Waals surface area contributed by atoms with Crippen molar-refractivity contribution in [3.8, 4) is 11.8 Å². The fourth-order valence-corrected chi connectivity index (χ4v) is 1.99. The Morgan fingerprint density at radius 2 is 2.32 bits per heavy atom. The minimum absolute atomic E-state index is 0.00802. The number of hydrogen-bond donors (Lipinski definition) is 2. The molecule has 1 heterocycles. The van der Waals surface area contributed by atoms with Crippen LogP contribution in [0.4, 0.5) is 4.39 Å². The van der Waals surface area contributed by atoms with Crippen LogP contribution in [0.2, 0.25) is 0 Å². The summed E-state index contributed by atoms with van der Waals surface area (Å²) in [4.78, 5) is 13.3. The van der Waals surface area contributed by atoms with E-state index >= 15 is 0 Å². The largest absolute Gasteiger partial charge is 0.384 e. The maximum Gasteiger partial charge on any atom is 0.234 e. The number of halogens is 1. The molecule has 1 aromatic rings. The summed E-state index contributed by atoms with van der Waals surface area (Å²) in [5, 5.41) is 11.4. The lowest BCUT2D eigenvalue weighted by molar-refractivity contribution is -0.124. The molecule has 1 aliphatic heterocycles. The van der Waals surface area contributed by atoms with Crippen molar-refractivity contribution in [3.05, 3.63) is 35.1 Å². The van der Waals surface area contributed by atoms with Gasteiger partial charge >= 0.3 is 0 Å². The Hall–Kier alpha value is -1.90. The lowest BCUT2D eigenvalue weighted by Gasteiger charge is -2.26. The topological polar surface area (TPSA) is 52.6 Å². The molecule has 19 heavy (non-hydrogen) atoms. The molecule has 2 rings (SSSR count). The van der Waals surface area contributed by atoms with Gasteiger partial charge in [-0.15, -0.1) is 0 Å². The third kappa shape index (κ3) is 3.78. The Balaban J connectivity index is 2.10. The number of carbonyl (C=O) groups excluding carboxylic acids is 1. The first-order valence-electron chi connectivity index (χ1n) is 6.06. The van der Waals surface area contributed by atoms with Gasteiger partial charge < -0.3 is 10.4 Å². The molecule has 1 fully saturated rings. The van der Waals surface area contributed by atoms with Gasteiger partial charge in [0.2, 0.25) is 5.91 Å². The third-order valence-corrected chi connectivity index (χ3v) is 2.86. The Morgan fingerprint density at radius 1 is 1.47 bits per heavy atom. The average molecular weight is 262 g/mol. The third-order valence-electron chi connectivity index (χ3n) is 2.86. The van der Waals surface area contributed by atoms with Crippen LogP contribution < -0.4 is 5.32 Å². The van der Waals surface area contributed by atoms with Crippen molar-refractivity contribution in [1.82, 2.24) is 10.2 Å². The fourth-order valence-electron chi connectivity index (χ4n) is 1.99. The summed E-state index contributed by atoms with van der Waals surface area (Å²) in [5.74, 6) is 4.61. The van der Waals surface area contributed by atoms with E-state index in [0.29, 0.717) is 19.6 Å². The zero-order valence-electron chi connectivity index (χ0n) is 10.4. The second kappa shape index (κ2) is 6.32. The minimum atomic E-state index is -0.402. The Morgan fingerprint density at radius 3 is 3.05 bits per heavy atom. The van der Waals surface area contributed by atoms with Gasteiger partial charge in [0.05, 0.1) is 12.1 Å². The van der Waals surface area contributed by atoms with Gasteiger partial charge in [0.25, 0.3) is 0 Å². The molecular formula is C14H15FN2O2. The van der Waals surface area contributed by atoms with E-state index in [2.05, 4.69) is 17.2 Å². The molecule has 1 aliphatic rings. The van der Waals surface area contributed by atoms with Crippen LogP contribution in [-0.4, -0.2) is 42.2 Å². The summed E-state index contributed by atoms with van der Waals surface area (Å²) in [6.45, 7) is 2.06. The van der Waals surface area contributed by atoms with Gasteiger partial charge in [-0.3, -0.25) is 9.69 Å². The monoisotopic (exact) mass is 262 g/mol. The van der Waals surface area contributed by atoms with E-state index in [1.807, 2.05) is 4.90 Å². The van der Waals surface area contributed by atoms with Gasteiger partial charge in [0, 0.05) is 19.6 Å². The maximum absolute atomic E-state index is 13.5. The van der Waals surface area contributed by atoms with Crippen LogP contribution in [-0.2, 0) is 11.3 Å². The molecule has 5 heteroatoms. The summed E-state index contributed by atoms with van der Waals surface area (Å²) < 4.78 is 13.5. The quantitative estimate of drug-likeness (QED) is 0.743. The molecule has 0 spiro atoms. The molecule has 0 saturated carbocycles. The molecule has 0 unspecified atom stereocenters. The van der Waals surface area contributed by atoms with E-state index in [9.17, 15) is 9.18 Å². The summed E-state index contributed by atoms with van der Waals surface area (Å²) in [6.07, 6.45) is 0. The lowest BCUT2D eigenvalue weighted by atomic mass is 10.1. The molecule has 1 amide bonds. The van der Waals surface area contributed by atoms with Crippen molar-refractivity contribution < 1.29 is 14.3 Å². The van der Waals surface area contributed by atoms with E-state index < -0.39 is 5.82 Å². The molecule has 0 radical (unpaired) electrons. The van der Waals surface area contributed by atoms with Crippen LogP contribution in [0.5, 0.6) is 0 Å². The van der Waals surface area contributed by atoms with Crippen molar-refractivity contribution >= 4 is 5.91 Å². The maximum atomic E-state index is 13.5. The standard InChI is InChI=1S/C14H15FN2O2/c15-13-4-3-11(8-12(13)2-1-7-18)9-17-6-5-16-14(19)10-17/h3-4,8,18H,5-7,9-10H2,(H,16,19). The highest BCUT2D eigenvalue weighted by atomic mass is 19.1. The van der Waals surface area contributed by atoms with Crippen molar-refractivity contribution in [3.63, 3.8) is 0 Å². The first-order chi connectivity index (χ1) is 9.19. The number of rotatable bonds is 2. The van der Waals surface area contributed by atoms with Crippen molar-refractivity contribution in [2.45, 2.75) is 6.54 Å². The molecule has 4 nitrogen and oxygen atoms in total. The zero-order chi connectivity index (χ0) is 13.7. The smallest absolute Gasteiger partial charge is 0.234 e. The number of nitrogens with one attached hydrogen (secondary N) is 1. The highest BCUT2D eigenvalue weighted by Crippen LogP contribution is 2.12. The number of carbonyl (C=O) groups is 1. The fraction of sp³-hybridized carbons (Fsp3) is 0.357. The number of nitrogens with zero attached hydrogens (tertiary/aromatic N) is 1. The first-order valence-corrected chi connectivity index (χ1v) is 6.06. The molecular weight excluding hydrogens is 247 g/mol. The average Bonchev–Trinajstić information content (AvgIpc) is 2.39. The number of aliphatic hydroxyl groups excluding tert-OH is 1. The van der Waals surface area contributed by atoms with Crippen molar-refractivity contribution in [2.24, 2.45) is 0 Å². The highest BCUT2D eigenvalue weighted by molar-refractivity contribution is 5.78. The minimum Gasteiger partial charge on any atom is -0.384 e. The predicted octanol–water partition coefficient (Wildman–Crippen LogP) is 0.101. The van der Waals surface area contributed by atoms with E-state index in [0.717, 1.165) is 12.1 Å². The normalized spacial score (nSPS) is 15.6. The number of piperazine rings is 1. The lowest BCUT2D eigenvalue weighted by Crippen LogP contribution is -2.47. The van der Waals surface area contributed by atoms with Crippen LogP contribution in [0.15, 0.2) is 18.2 Å². The molecule has 1 aromatic carbocycles. The molecule has 100 valence electrons. The summed E-state index contributed by atoms with van der Waals surface area (Å²) in [6, 6.07) is 4.71. The van der Waals surface area contributed by atoms with Gasteiger partial charge in [-0.1, -0.05) is 17.9 Å². The van der Waals surface area contributed by atoms with Gasteiger partial charge in [0.15, 0.2) is 0 Å².